The molecule has 0 amide bonds. The molecule has 2 N–H and O–H groups in total. The highest BCUT2D eigenvalue weighted by Crippen LogP contribution is 2.37. The number of anilines is 1. The van der Waals surface area contributed by atoms with Crippen LogP contribution in [0, 0.1) is 10.1 Å². The summed E-state index contributed by atoms with van der Waals surface area (Å²) < 4.78 is 43.0. The van der Waals surface area contributed by atoms with Crippen LogP contribution < -0.4 is 18.9 Å². The average molecular weight is 410 g/mol. The first-order valence-corrected chi connectivity index (χ1v) is 9.23. The van der Waals surface area contributed by atoms with Gasteiger partial charge in [0.05, 0.1) is 28.2 Å². The summed E-state index contributed by atoms with van der Waals surface area (Å²) in [5, 5.41) is 20.5. The Hall–Kier alpha value is -3.54. The Morgan fingerprint density at radius 1 is 1.21 bits per heavy atom. The number of rotatable bonds is 6. The SMILES string of the molecule is COc1ccc(S(=O)(=O)Nc2cc3c(cc2C(=O)O)OCCO3)cc1[N+](=O)[O-]. The van der Waals surface area contributed by atoms with E-state index in [0.29, 0.717) is 0 Å². The van der Waals surface area contributed by atoms with Crippen LogP contribution >= 0.6 is 0 Å². The molecular formula is C16H14N2O9S. The number of ether oxygens (including phenoxy) is 3. The lowest BCUT2D eigenvalue weighted by molar-refractivity contribution is -0.386. The summed E-state index contributed by atoms with van der Waals surface area (Å²) >= 11 is 0. The van der Waals surface area contributed by atoms with Crippen LogP contribution in [0.1, 0.15) is 10.4 Å². The molecule has 0 spiro atoms. The molecule has 1 aliphatic heterocycles. The second-order valence-corrected chi connectivity index (χ2v) is 7.23. The van der Waals surface area contributed by atoms with Crippen molar-refractivity contribution in [2.45, 2.75) is 4.90 Å². The van der Waals surface area contributed by atoms with E-state index in [1.54, 1.807) is 0 Å². The van der Waals surface area contributed by atoms with Crippen molar-refractivity contribution in [2.75, 3.05) is 25.0 Å². The van der Waals surface area contributed by atoms with Crippen LogP contribution in [0.5, 0.6) is 17.2 Å². The van der Waals surface area contributed by atoms with Gasteiger partial charge in [-0.1, -0.05) is 0 Å². The Kier molecular flexibility index (Phi) is 4.96. The first-order chi connectivity index (χ1) is 13.2. The number of nitro groups is 1. The summed E-state index contributed by atoms with van der Waals surface area (Å²) in [6.45, 7) is 0.447. The first kappa shape index (κ1) is 19.2. The topological polar surface area (TPSA) is 154 Å². The second-order valence-electron chi connectivity index (χ2n) is 5.54. The molecule has 0 aromatic heterocycles. The van der Waals surface area contributed by atoms with Crippen LogP contribution in [0.15, 0.2) is 35.2 Å². The minimum Gasteiger partial charge on any atom is -0.490 e. The molecule has 0 unspecified atom stereocenters. The minimum absolute atomic E-state index is 0.116. The number of nitrogens with zero attached hydrogens (tertiary/aromatic N) is 1. The van der Waals surface area contributed by atoms with Crippen LogP contribution in [0.2, 0.25) is 0 Å². The van der Waals surface area contributed by atoms with Crippen molar-refractivity contribution in [3.05, 3.63) is 46.0 Å². The van der Waals surface area contributed by atoms with Crippen molar-refractivity contribution < 1.29 is 37.5 Å². The molecular weight excluding hydrogens is 396 g/mol. The van der Waals surface area contributed by atoms with Crippen LogP contribution in [0.3, 0.4) is 0 Å². The summed E-state index contributed by atoms with van der Waals surface area (Å²) in [5.74, 6) is -1.16. The van der Waals surface area contributed by atoms with Gasteiger partial charge in [0.25, 0.3) is 10.0 Å². The fourth-order valence-electron chi connectivity index (χ4n) is 2.53. The molecule has 12 heteroatoms. The van der Waals surface area contributed by atoms with E-state index in [1.807, 2.05) is 0 Å². The highest BCUT2D eigenvalue weighted by atomic mass is 32.2. The Morgan fingerprint density at radius 3 is 2.43 bits per heavy atom. The smallest absolute Gasteiger partial charge is 0.337 e. The van der Waals surface area contributed by atoms with E-state index >= 15 is 0 Å². The van der Waals surface area contributed by atoms with Gasteiger partial charge in [-0.2, -0.15) is 0 Å². The van der Waals surface area contributed by atoms with E-state index in [0.717, 1.165) is 24.3 Å². The lowest BCUT2D eigenvalue weighted by Gasteiger charge is -2.20. The van der Waals surface area contributed by atoms with Crippen molar-refractivity contribution in [3.8, 4) is 17.2 Å². The van der Waals surface area contributed by atoms with Crippen molar-refractivity contribution >= 4 is 27.4 Å². The zero-order chi connectivity index (χ0) is 20.5. The van der Waals surface area contributed by atoms with Gasteiger partial charge in [0.15, 0.2) is 17.2 Å². The van der Waals surface area contributed by atoms with Gasteiger partial charge in [0, 0.05) is 18.2 Å². The predicted octanol–water partition coefficient (Wildman–Crippen LogP) is 1.87. The number of nitro benzene ring substituents is 1. The Morgan fingerprint density at radius 2 is 1.86 bits per heavy atom. The zero-order valence-corrected chi connectivity index (χ0v) is 15.2. The van der Waals surface area contributed by atoms with Gasteiger partial charge < -0.3 is 19.3 Å². The summed E-state index contributed by atoms with van der Waals surface area (Å²) in [5.41, 5.74) is -1.18. The van der Waals surface area contributed by atoms with Crippen LogP contribution in [0.4, 0.5) is 11.4 Å². The first-order valence-electron chi connectivity index (χ1n) is 7.75. The summed E-state index contributed by atoms with van der Waals surface area (Å²) in [6, 6.07) is 5.39. The number of hydrogen-bond donors (Lipinski definition) is 2. The van der Waals surface area contributed by atoms with Gasteiger partial charge in [-0.3, -0.25) is 14.8 Å². The number of nitrogens with one attached hydrogen (secondary N) is 1. The normalized spacial score (nSPS) is 12.9. The maximum absolute atomic E-state index is 12.7. The number of fused-ring (bicyclic) bond motifs is 1. The molecule has 2 aromatic rings. The molecule has 1 aliphatic rings. The number of carbonyl (C=O) groups is 1. The van der Waals surface area contributed by atoms with Crippen molar-refractivity contribution in [2.24, 2.45) is 0 Å². The summed E-state index contributed by atoms with van der Waals surface area (Å²) in [6.07, 6.45) is 0. The molecule has 0 fully saturated rings. The number of carboxylic acid groups (broad SMARTS) is 1. The minimum atomic E-state index is -4.35. The molecule has 11 nitrogen and oxygen atoms in total. The van der Waals surface area contributed by atoms with Crippen LogP contribution in [-0.4, -0.2) is 44.7 Å². The maximum atomic E-state index is 12.7. The predicted molar refractivity (Wildman–Crippen MR) is 94.8 cm³/mol. The zero-order valence-electron chi connectivity index (χ0n) is 14.4. The number of benzene rings is 2. The fourth-order valence-corrected chi connectivity index (χ4v) is 3.62. The molecule has 1 heterocycles. The van der Waals surface area contributed by atoms with Crippen molar-refractivity contribution in [3.63, 3.8) is 0 Å². The van der Waals surface area contributed by atoms with E-state index in [4.69, 9.17) is 14.2 Å². The fraction of sp³-hybridized carbons (Fsp3) is 0.188. The number of carboxylic acids is 1. The summed E-state index contributed by atoms with van der Waals surface area (Å²) in [7, 11) is -3.14. The monoisotopic (exact) mass is 410 g/mol. The lowest BCUT2D eigenvalue weighted by Crippen LogP contribution is -2.19. The molecule has 0 bridgehead atoms. The highest BCUT2D eigenvalue weighted by molar-refractivity contribution is 7.92. The Bertz CT molecular complexity index is 1070. The molecule has 0 atom stereocenters. The van der Waals surface area contributed by atoms with Gasteiger partial charge in [0.2, 0.25) is 0 Å². The Balaban J connectivity index is 2.04. The molecule has 0 saturated heterocycles. The van der Waals surface area contributed by atoms with E-state index in [1.165, 1.54) is 13.2 Å². The van der Waals surface area contributed by atoms with Crippen LogP contribution in [-0.2, 0) is 10.0 Å². The third kappa shape index (κ3) is 3.62. The average Bonchev–Trinajstić information content (AvgIpc) is 2.66. The van der Waals surface area contributed by atoms with Crippen LogP contribution in [0.25, 0.3) is 0 Å². The third-order valence-corrected chi connectivity index (χ3v) is 5.18. The van der Waals surface area contributed by atoms with E-state index in [9.17, 15) is 28.4 Å². The second kappa shape index (κ2) is 7.23. The molecule has 0 saturated carbocycles. The quantitative estimate of drug-likeness (QED) is 0.536. The number of sulfonamides is 1. The van der Waals surface area contributed by atoms with E-state index in [2.05, 4.69) is 4.72 Å². The van der Waals surface area contributed by atoms with Gasteiger partial charge in [0.1, 0.15) is 13.2 Å². The molecule has 2 aromatic carbocycles. The van der Waals surface area contributed by atoms with Gasteiger partial charge in [-0.15, -0.1) is 0 Å². The molecule has 28 heavy (non-hydrogen) atoms. The molecule has 148 valence electrons. The number of aromatic carboxylic acids is 1. The van der Waals surface area contributed by atoms with Crippen molar-refractivity contribution in [1.29, 1.82) is 0 Å². The highest BCUT2D eigenvalue weighted by Gasteiger charge is 2.26. The molecule has 0 radical (unpaired) electrons. The van der Waals surface area contributed by atoms with Crippen molar-refractivity contribution in [1.82, 2.24) is 0 Å². The van der Waals surface area contributed by atoms with Gasteiger partial charge in [-0.05, 0) is 12.1 Å². The molecule has 0 aliphatic carbocycles. The third-order valence-electron chi connectivity index (χ3n) is 3.81. The van der Waals surface area contributed by atoms with Gasteiger partial charge >= 0.3 is 11.7 Å². The number of methoxy groups -OCH3 is 1. The molecule has 3 rings (SSSR count). The number of hydrogen-bond acceptors (Lipinski definition) is 8. The Labute approximate surface area is 158 Å². The lowest BCUT2D eigenvalue weighted by atomic mass is 10.1. The van der Waals surface area contributed by atoms with E-state index in [-0.39, 0.29) is 41.7 Å². The van der Waals surface area contributed by atoms with E-state index < -0.39 is 31.5 Å². The standard InChI is InChI=1S/C16H14N2O9S/c1-25-13-3-2-9(6-12(13)18(21)22)28(23,24)17-11-8-15-14(26-4-5-27-15)7-10(11)16(19)20/h2-3,6-8,17H,4-5H2,1H3,(H,19,20). The largest absolute Gasteiger partial charge is 0.490 e. The van der Waals surface area contributed by atoms with Gasteiger partial charge in [-0.25, -0.2) is 13.2 Å². The maximum Gasteiger partial charge on any atom is 0.337 e. The summed E-state index contributed by atoms with van der Waals surface area (Å²) in [4.78, 5) is 21.4.